The summed E-state index contributed by atoms with van der Waals surface area (Å²) in [6.45, 7) is 8.38. The van der Waals surface area contributed by atoms with Gasteiger partial charge in [-0.25, -0.2) is 0 Å². The summed E-state index contributed by atoms with van der Waals surface area (Å²) in [6, 6.07) is 4.29. The van der Waals surface area contributed by atoms with Gasteiger partial charge in [-0.2, -0.15) is 0 Å². The third kappa shape index (κ3) is 2.22. The number of terminal acetylenes is 1. The van der Waals surface area contributed by atoms with Gasteiger partial charge in [0.05, 0.1) is 5.41 Å². The number of rotatable bonds is 3. The molecule has 0 atom stereocenters. The highest BCUT2D eigenvalue weighted by atomic mass is 14.6. The molecular formula is C15H21N. The minimum atomic E-state index is -0.221. The highest BCUT2D eigenvalue weighted by Crippen LogP contribution is 2.29. The summed E-state index contributed by atoms with van der Waals surface area (Å²) >= 11 is 0. The first-order valence-corrected chi connectivity index (χ1v) is 5.85. The molecule has 1 aromatic carbocycles. The molecule has 2 N–H and O–H groups in total. The fourth-order valence-electron chi connectivity index (χ4n) is 1.81. The van der Waals surface area contributed by atoms with E-state index in [9.17, 15) is 0 Å². The van der Waals surface area contributed by atoms with Crippen molar-refractivity contribution in [1.29, 1.82) is 0 Å². The van der Waals surface area contributed by atoms with Crippen molar-refractivity contribution in [3.05, 3.63) is 28.8 Å². The number of hydrogen-bond donors (Lipinski definition) is 1. The predicted octanol–water partition coefficient (Wildman–Crippen LogP) is 3.30. The van der Waals surface area contributed by atoms with E-state index in [-0.39, 0.29) is 5.41 Å². The molecule has 0 aliphatic rings. The van der Waals surface area contributed by atoms with Crippen LogP contribution in [0.2, 0.25) is 0 Å². The van der Waals surface area contributed by atoms with Gasteiger partial charge in [0.2, 0.25) is 0 Å². The predicted molar refractivity (Wildman–Crippen MR) is 71.5 cm³/mol. The number of hydrogen-bond acceptors (Lipinski definition) is 1. The van der Waals surface area contributed by atoms with Crippen LogP contribution in [0.4, 0.5) is 5.69 Å². The average Bonchev–Trinajstić information content (AvgIpc) is 2.29. The Kier molecular flexibility index (Phi) is 3.65. The van der Waals surface area contributed by atoms with Gasteiger partial charge < -0.3 is 5.73 Å². The number of nitrogen functional groups attached to an aromatic ring is 1. The molecule has 0 saturated carbocycles. The molecule has 0 fully saturated rings. The standard InChI is InChI=1S/C15H21N/c1-6-11-9-13(15(4,5)8-3)10-12(7-2)14(11)16/h3,9-10H,6-7,16H2,1-2,4-5H3. The molecule has 86 valence electrons. The minimum Gasteiger partial charge on any atom is -0.398 e. The highest BCUT2D eigenvalue weighted by molar-refractivity contribution is 5.57. The van der Waals surface area contributed by atoms with Crippen LogP contribution >= 0.6 is 0 Å². The third-order valence-corrected chi connectivity index (χ3v) is 3.20. The highest BCUT2D eigenvalue weighted by Gasteiger charge is 2.19. The van der Waals surface area contributed by atoms with Gasteiger partial charge in [0.15, 0.2) is 0 Å². The Morgan fingerprint density at radius 1 is 1.19 bits per heavy atom. The lowest BCUT2D eigenvalue weighted by atomic mass is 9.82. The van der Waals surface area contributed by atoms with Crippen LogP contribution in [0.15, 0.2) is 12.1 Å². The van der Waals surface area contributed by atoms with E-state index < -0.39 is 0 Å². The van der Waals surface area contributed by atoms with Crippen LogP contribution < -0.4 is 5.73 Å². The van der Waals surface area contributed by atoms with E-state index in [4.69, 9.17) is 12.2 Å². The Bertz CT molecular complexity index is 397. The Morgan fingerprint density at radius 2 is 1.62 bits per heavy atom. The Hall–Kier alpha value is -1.42. The quantitative estimate of drug-likeness (QED) is 0.607. The zero-order valence-corrected chi connectivity index (χ0v) is 10.7. The molecule has 1 nitrogen and oxygen atoms in total. The number of anilines is 1. The van der Waals surface area contributed by atoms with Gasteiger partial charge in [0, 0.05) is 5.69 Å². The second-order valence-electron chi connectivity index (χ2n) is 4.68. The fourth-order valence-corrected chi connectivity index (χ4v) is 1.81. The van der Waals surface area contributed by atoms with Crippen molar-refractivity contribution < 1.29 is 0 Å². The van der Waals surface area contributed by atoms with Gasteiger partial charge in [-0.3, -0.25) is 0 Å². The Balaban J connectivity index is 3.40. The molecule has 0 radical (unpaired) electrons. The number of benzene rings is 1. The molecule has 16 heavy (non-hydrogen) atoms. The SMILES string of the molecule is C#CC(C)(C)c1cc(CC)c(N)c(CC)c1. The summed E-state index contributed by atoms with van der Waals surface area (Å²) in [6.07, 6.45) is 7.48. The maximum absolute atomic E-state index is 6.11. The lowest BCUT2D eigenvalue weighted by Gasteiger charge is -2.21. The van der Waals surface area contributed by atoms with E-state index >= 15 is 0 Å². The first-order valence-electron chi connectivity index (χ1n) is 5.85. The molecular weight excluding hydrogens is 194 g/mol. The van der Waals surface area contributed by atoms with E-state index in [0.717, 1.165) is 18.5 Å². The Morgan fingerprint density at radius 3 is 1.94 bits per heavy atom. The molecule has 0 bridgehead atoms. The first kappa shape index (κ1) is 12.6. The smallest absolute Gasteiger partial charge is 0.0504 e. The van der Waals surface area contributed by atoms with Gasteiger partial charge in [-0.1, -0.05) is 31.9 Å². The van der Waals surface area contributed by atoms with Gasteiger partial charge in [-0.15, -0.1) is 6.42 Å². The van der Waals surface area contributed by atoms with Crippen molar-refractivity contribution in [2.24, 2.45) is 0 Å². The lowest BCUT2D eigenvalue weighted by molar-refractivity contribution is 0.696. The van der Waals surface area contributed by atoms with Gasteiger partial charge in [-0.05, 0) is 43.4 Å². The molecule has 0 saturated heterocycles. The molecule has 0 spiro atoms. The molecule has 0 aliphatic heterocycles. The molecule has 1 aromatic rings. The van der Waals surface area contributed by atoms with Crippen LogP contribution in [0.5, 0.6) is 0 Å². The van der Waals surface area contributed by atoms with Gasteiger partial charge in [0.25, 0.3) is 0 Å². The van der Waals surface area contributed by atoms with E-state index in [1.54, 1.807) is 0 Å². The van der Waals surface area contributed by atoms with Crippen molar-refractivity contribution in [2.75, 3.05) is 5.73 Å². The number of aryl methyl sites for hydroxylation is 2. The second-order valence-corrected chi connectivity index (χ2v) is 4.68. The average molecular weight is 215 g/mol. The Labute approximate surface area is 99.1 Å². The van der Waals surface area contributed by atoms with Crippen LogP contribution in [-0.4, -0.2) is 0 Å². The van der Waals surface area contributed by atoms with E-state index in [1.807, 2.05) is 0 Å². The summed E-state index contributed by atoms with van der Waals surface area (Å²) in [4.78, 5) is 0. The minimum absolute atomic E-state index is 0.221. The van der Waals surface area contributed by atoms with E-state index in [0.29, 0.717) is 0 Å². The fraction of sp³-hybridized carbons (Fsp3) is 0.467. The largest absolute Gasteiger partial charge is 0.398 e. The summed E-state index contributed by atoms with van der Waals surface area (Å²) in [7, 11) is 0. The first-order chi connectivity index (χ1) is 7.46. The van der Waals surface area contributed by atoms with Crippen molar-refractivity contribution in [3.8, 4) is 12.3 Å². The second kappa shape index (κ2) is 4.61. The van der Waals surface area contributed by atoms with Crippen molar-refractivity contribution in [1.82, 2.24) is 0 Å². The van der Waals surface area contributed by atoms with Crippen LogP contribution in [0.25, 0.3) is 0 Å². The number of nitrogens with two attached hydrogens (primary N) is 1. The van der Waals surface area contributed by atoms with Crippen LogP contribution in [0, 0.1) is 12.3 Å². The molecule has 1 heteroatoms. The van der Waals surface area contributed by atoms with E-state index in [1.165, 1.54) is 16.7 Å². The van der Waals surface area contributed by atoms with Crippen molar-refractivity contribution in [3.63, 3.8) is 0 Å². The van der Waals surface area contributed by atoms with Crippen molar-refractivity contribution in [2.45, 2.75) is 46.0 Å². The van der Waals surface area contributed by atoms with Gasteiger partial charge >= 0.3 is 0 Å². The maximum Gasteiger partial charge on any atom is 0.0504 e. The van der Waals surface area contributed by atoms with E-state index in [2.05, 4.69) is 45.7 Å². The topological polar surface area (TPSA) is 26.0 Å². The summed E-state index contributed by atoms with van der Waals surface area (Å²) in [5.74, 6) is 2.84. The maximum atomic E-state index is 6.11. The summed E-state index contributed by atoms with van der Waals surface area (Å²) < 4.78 is 0. The molecule has 0 amide bonds. The van der Waals surface area contributed by atoms with Crippen molar-refractivity contribution >= 4 is 5.69 Å². The molecule has 1 rings (SSSR count). The zero-order chi connectivity index (χ0) is 12.3. The molecule has 0 unspecified atom stereocenters. The molecule has 0 aliphatic carbocycles. The molecule has 0 aromatic heterocycles. The summed E-state index contributed by atoms with van der Waals surface area (Å²) in [5, 5.41) is 0. The monoisotopic (exact) mass is 215 g/mol. The van der Waals surface area contributed by atoms with Crippen LogP contribution in [0.3, 0.4) is 0 Å². The third-order valence-electron chi connectivity index (χ3n) is 3.20. The summed E-state index contributed by atoms with van der Waals surface area (Å²) in [5.41, 5.74) is 10.4. The van der Waals surface area contributed by atoms with Gasteiger partial charge in [0.1, 0.15) is 0 Å². The lowest BCUT2D eigenvalue weighted by Crippen LogP contribution is -2.15. The van der Waals surface area contributed by atoms with Crippen LogP contribution in [0.1, 0.15) is 44.4 Å². The zero-order valence-electron chi connectivity index (χ0n) is 10.7. The van der Waals surface area contributed by atoms with Crippen LogP contribution in [-0.2, 0) is 18.3 Å². The molecule has 0 heterocycles. The normalized spacial score (nSPS) is 11.2.